The number of likely N-dealkylation sites (tertiary alicyclic amines) is 1. The van der Waals surface area contributed by atoms with Gasteiger partial charge in [0.2, 0.25) is 5.91 Å². The van der Waals surface area contributed by atoms with Gasteiger partial charge in [-0.1, -0.05) is 23.8 Å². The molecule has 3 aliphatic rings. The molecule has 206 valence electrons. The van der Waals surface area contributed by atoms with Gasteiger partial charge in [0.25, 0.3) is 0 Å². The van der Waals surface area contributed by atoms with Crippen molar-refractivity contribution in [2.24, 2.45) is 23.5 Å². The van der Waals surface area contributed by atoms with Crippen LogP contribution in [0.4, 0.5) is 10.5 Å². The van der Waals surface area contributed by atoms with E-state index < -0.39 is 5.60 Å². The first-order valence-electron chi connectivity index (χ1n) is 13.4. The van der Waals surface area contributed by atoms with E-state index in [4.69, 9.17) is 27.1 Å². The molecule has 0 aromatic carbocycles. The third-order valence-corrected chi connectivity index (χ3v) is 8.22. The van der Waals surface area contributed by atoms with Crippen molar-refractivity contribution in [3.63, 3.8) is 0 Å². The van der Waals surface area contributed by atoms with Crippen molar-refractivity contribution in [2.45, 2.75) is 57.7 Å². The van der Waals surface area contributed by atoms with Gasteiger partial charge in [0.15, 0.2) is 5.65 Å². The van der Waals surface area contributed by atoms with Crippen LogP contribution in [0.15, 0.2) is 30.7 Å². The minimum atomic E-state index is -0.511. The largest absolute Gasteiger partial charge is 0.444 e. The van der Waals surface area contributed by atoms with E-state index in [2.05, 4.69) is 32.5 Å². The number of ether oxygens (including phenoxy) is 1. The van der Waals surface area contributed by atoms with Gasteiger partial charge in [-0.3, -0.25) is 9.48 Å². The topological polar surface area (TPSA) is 144 Å². The fraction of sp³-hybridized carbons (Fsp3) is 0.519. The van der Waals surface area contributed by atoms with Gasteiger partial charge in [0.05, 0.1) is 40.6 Å². The summed E-state index contributed by atoms with van der Waals surface area (Å²) in [5, 5.41) is 8.54. The molecule has 4 atom stereocenters. The van der Waals surface area contributed by atoms with Crippen LogP contribution in [0.2, 0.25) is 5.02 Å². The standard InChI is InChI=1S/C27H33ClN8O3/c1-27(2,3)39-26(38)35-8-6-17(7-9-35)36-13-16(11-31-36)24-33-22-21(18(28)12-30-25(22)34-24)32-20-15-5-4-14(10-15)19(20)23(29)37/h4-5,11-15,17,19-20H,6-10H2,1-3H3,(H2,29,37)(H2,30,32,33,34)/t14-,15-,19-,20-/m1/s1. The number of imidazole rings is 1. The minimum absolute atomic E-state index is 0.137. The Labute approximate surface area is 231 Å². The Balaban J connectivity index is 1.19. The van der Waals surface area contributed by atoms with E-state index in [9.17, 15) is 9.59 Å². The van der Waals surface area contributed by atoms with Crippen molar-refractivity contribution in [3.05, 3.63) is 35.8 Å². The molecule has 6 rings (SSSR count). The molecule has 3 aromatic heterocycles. The maximum atomic E-state index is 12.4. The summed E-state index contributed by atoms with van der Waals surface area (Å²) < 4.78 is 7.44. The van der Waals surface area contributed by atoms with Gasteiger partial charge in [-0.15, -0.1) is 0 Å². The van der Waals surface area contributed by atoms with Crippen LogP contribution in [-0.2, 0) is 9.53 Å². The number of H-pyrrole nitrogens is 1. The number of rotatable bonds is 5. The lowest BCUT2D eigenvalue weighted by Crippen LogP contribution is -2.42. The molecule has 0 unspecified atom stereocenters. The average molecular weight is 553 g/mol. The monoisotopic (exact) mass is 552 g/mol. The maximum Gasteiger partial charge on any atom is 0.410 e. The number of nitrogens with zero attached hydrogens (tertiary/aromatic N) is 5. The van der Waals surface area contributed by atoms with E-state index in [0.717, 1.165) is 24.8 Å². The number of piperidine rings is 1. The molecule has 2 amide bonds. The van der Waals surface area contributed by atoms with Gasteiger partial charge in [-0.05, 0) is 51.9 Å². The number of hydrogen-bond acceptors (Lipinski definition) is 7. The zero-order valence-corrected chi connectivity index (χ0v) is 23.0. The average Bonchev–Trinajstić information content (AvgIpc) is 3.67. The molecular weight excluding hydrogens is 520 g/mol. The molecule has 2 aliphatic carbocycles. The number of aromatic amines is 1. The Morgan fingerprint density at radius 1 is 1.18 bits per heavy atom. The number of halogens is 1. The first-order valence-corrected chi connectivity index (χ1v) is 13.8. The molecule has 1 saturated carbocycles. The highest BCUT2D eigenvalue weighted by molar-refractivity contribution is 6.34. The Kier molecular flexibility index (Phi) is 6.28. The second-order valence-electron chi connectivity index (χ2n) is 11.7. The molecule has 1 aliphatic heterocycles. The maximum absolute atomic E-state index is 12.4. The number of pyridine rings is 1. The van der Waals surface area contributed by atoms with Crippen LogP contribution in [0.3, 0.4) is 0 Å². The molecule has 0 radical (unpaired) electrons. The Morgan fingerprint density at radius 2 is 1.92 bits per heavy atom. The van der Waals surface area contributed by atoms with E-state index in [0.29, 0.717) is 40.8 Å². The Bertz CT molecular complexity index is 1450. The smallest absolute Gasteiger partial charge is 0.410 e. The molecular formula is C27H33ClN8O3. The van der Waals surface area contributed by atoms with E-state index in [1.165, 1.54) is 0 Å². The molecule has 1 saturated heterocycles. The highest BCUT2D eigenvalue weighted by Gasteiger charge is 2.47. The number of nitrogens with two attached hydrogens (primary N) is 1. The van der Waals surface area contributed by atoms with E-state index in [1.54, 1.807) is 17.3 Å². The van der Waals surface area contributed by atoms with Crippen molar-refractivity contribution >= 4 is 40.5 Å². The molecule has 39 heavy (non-hydrogen) atoms. The third kappa shape index (κ3) is 4.84. The molecule has 2 bridgehead atoms. The van der Waals surface area contributed by atoms with E-state index >= 15 is 0 Å². The highest BCUT2D eigenvalue weighted by Crippen LogP contribution is 2.46. The Morgan fingerprint density at radius 3 is 2.64 bits per heavy atom. The van der Waals surface area contributed by atoms with E-state index in [1.807, 2.05) is 31.6 Å². The number of allylic oxidation sites excluding steroid dienone is 1. The molecule has 11 nitrogen and oxygen atoms in total. The van der Waals surface area contributed by atoms with Gasteiger partial charge in [0.1, 0.15) is 16.9 Å². The number of fused-ring (bicyclic) bond motifs is 3. The number of anilines is 1. The molecule has 4 N–H and O–H groups in total. The number of amides is 2. The SMILES string of the molecule is CC(C)(C)OC(=O)N1CCC(n2cc(-c3nc4ncc(Cl)c(N[C@H]5[C@H](C(N)=O)[C@@H]6C=C[C@@H]5C6)c4[nH]3)cn2)CC1. The van der Waals surface area contributed by atoms with Crippen LogP contribution < -0.4 is 11.1 Å². The van der Waals surface area contributed by atoms with Crippen molar-refractivity contribution in [1.82, 2.24) is 29.6 Å². The summed E-state index contributed by atoms with van der Waals surface area (Å²) >= 11 is 6.58. The van der Waals surface area contributed by atoms with Gasteiger partial charge < -0.3 is 25.7 Å². The predicted molar refractivity (Wildman–Crippen MR) is 147 cm³/mol. The van der Waals surface area contributed by atoms with Crippen LogP contribution in [0, 0.1) is 17.8 Å². The Hall–Kier alpha value is -3.60. The summed E-state index contributed by atoms with van der Waals surface area (Å²) in [5.74, 6) is 0.399. The molecule has 12 heteroatoms. The highest BCUT2D eigenvalue weighted by atomic mass is 35.5. The number of carbonyl (C=O) groups excluding carboxylic acids is 2. The number of nitrogens with one attached hydrogen (secondary N) is 2. The summed E-state index contributed by atoms with van der Waals surface area (Å²) in [4.78, 5) is 38.8. The van der Waals surface area contributed by atoms with Crippen molar-refractivity contribution in [2.75, 3.05) is 18.4 Å². The van der Waals surface area contributed by atoms with Crippen molar-refractivity contribution < 1.29 is 14.3 Å². The second kappa shape index (κ2) is 9.55. The number of carbonyl (C=O) groups is 2. The first-order chi connectivity index (χ1) is 18.6. The number of hydrogen-bond donors (Lipinski definition) is 3. The fourth-order valence-electron chi connectivity index (χ4n) is 6.08. The van der Waals surface area contributed by atoms with Crippen LogP contribution in [0.25, 0.3) is 22.6 Å². The fourth-order valence-corrected chi connectivity index (χ4v) is 6.28. The van der Waals surface area contributed by atoms with Gasteiger partial charge in [-0.25, -0.2) is 14.8 Å². The summed E-state index contributed by atoms with van der Waals surface area (Å²) in [6.45, 7) is 6.84. The first kappa shape index (κ1) is 25.7. The molecule has 3 aromatic rings. The summed E-state index contributed by atoms with van der Waals surface area (Å²) in [6, 6.07) is 0.0323. The second-order valence-corrected chi connectivity index (χ2v) is 12.1. The lowest BCUT2D eigenvalue weighted by atomic mass is 9.88. The lowest BCUT2D eigenvalue weighted by Gasteiger charge is -2.33. The zero-order chi connectivity index (χ0) is 27.5. The van der Waals surface area contributed by atoms with Gasteiger partial charge in [-0.2, -0.15) is 5.10 Å². The van der Waals surface area contributed by atoms with Crippen LogP contribution in [0.1, 0.15) is 46.1 Å². The number of aromatic nitrogens is 5. The minimum Gasteiger partial charge on any atom is -0.444 e. The van der Waals surface area contributed by atoms with Crippen molar-refractivity contribution in [1.29, 1.82) is 0 Å². The normalized spacial score (nSPS) is 25.0. The van der Waals surface area contributed by atoms with Gasteiger partial charge in [0, 0.05) is 25.3 Å². The molecule has 0 spiro atoms. The summed E-state index contributed by atoms with van der Waals surface area (Å²) in [7, 11) is 0. The van der Waals surface area contributed by atoms with Crippen LogP contribution in [-0.4, -0.2) is 66.4 Å². The third-order valence-electron chi connectivity index (χ3n) is 7.94. The summed E-state index contributed by atoms with van der Waals surface area (Å²) in [6.07, 6.45) is 11.7. The van der Waals surface area contributed by atoms with Crippen LogP contribution >= 0.6 is 11.6 Å². The molecule has 4 heterocycles. The number of primary amides is 1. The zero-order valence-electron chi connectivity index (χ0n) is 22.2. The van der Waals surface area contributed by atoms with Gasteiger partial charge >= 0.3 is 6.09 Å². The summed E-state index contributed by atoms with van der Waals surface area (Å²) in [5.41, 5.74) is 7.92. The van der Waals surface area contributed by atoms with E-state index in [-0.39, 0.29) is 41.8 Å². The predicted octanol–water partition coefficient (Wildman–Crippen LogP) is 4.13. The van der Waals surface area contributed by atoms with Crippen LogP contribution in [0.5, 0.6) is 0 Å². The lowest BCUT2D eigenvalue weighted by molar-refractivity contribution is -0.122. The molecule has 2 fully saturated rings. The van der Waals surface area contributed by atoms with Crippen molar-refractivity contribution in [3.8, 4) is 11.4 Å². The quantitative estimate of drug-likeness (QED) is 0.403.